The van der Waals surface area contributed by atoms with Gasteiger partial charge in [0.05, 0.1) is 34.0 Å². The van der Waals surface area contributed by atoms with Crippen LogP contribution in [0.3, 0.4) is 0 Å². The molecule has 2 aliphatic rings. The van der Waals surface area contributed by atoms with E-state index in [2.05, 4.69) is 4.99 Å². The number of halogens is 3. The van der Waals surface area contributed by atoms with Crippen molar-refractivity contribution in [2.75, 3.05) is 13.4 Å². The molecule has 0 radical (unpaired) electrons. The van der Waals surface area contributed by atoms with Crippen LogP contribution < -0.4 is 24.4 Å². The minimum atomic E-state index is -4.49. The molecular weight excluding hydrogens is 561 g/mol. The Morgan fingerprint density at radius 3 is 2.73 bits per heavy atom. The molecule has 1 atom stereocenters. The number of thiazole rings is 1. The minimum absolute atomic E-state index is 0.0623. The SMILES string of the molecule is CCOC(=O)C1=C(C)N=c2sc(=Cc3ccc(-c4cccc(C(F)(F)F)c4)o3)c(=O)n2[C@@H]1c1ccc2c(c1)OCO2. The zero-order valence-corrected chi connectivity index (χ0v) is 22.5. The molecule has 2 aliphatic heterocycles. The molecule has 4 heterocycles. The number of furan rings is 1. The van der Waals surface area contributed by atoms with Gasteiger partial charge in [-0.05, 0) is 55.8 Å². The Morgan fingerprint density at radius 1 is 1.15 bits per heavy atom. The summed E-state index contributed by atoms with van der Waals surface area (Å²) < 4.78 is 63.2. The normalized spacial score (nSPS) is 16.5. The van der Waals surface area contributed by atoms with Crippen molar-refractivity contribution in [3.05, 3.63) is 102 Å². The molecule has 0 unspecified atom stereocenters. The van der Waals surface area contributed by atoms with Crippen LogP contribution in [-0.2, 0) is 15.7 Å². The molecule has 0 spiro atoms. The fourth-order valence-corrected chi connectivity index (χ4v) is 5.78. The zero-order valence-electron chi connectivity index (χ0n) is 21.7. The van der Waals surface area contributed by atoms with Crippen LogP contribution in [0.1, 0.15) is 36.8 Å². The van der Waals surface area contributed by atoms with Gasteiger partial charge in [0.2, 0.25) is 6.79 Å². The van der Waals surface area contributed by atoms with Gasteiger partial charge in [0.25, 0.3) is 5.56 Å². The topological polar surface area (TPSA) is 92.3 Å². The van der Waals surface area contributed by atoms with Gasteiger partial charge in [-0.2, -0.15) is 13.2 Å². The molecule has 0 aliphatic carbocycles. The summed E-state index contributed by atoms with van der Waals surface area (Å²) in [7, 11) is 0. The van der Waals surface area contributed by atoms with E-state index in [9.17, 15) is 22.8 Å². The number of nitrogens with zero attached hydrogens (tertiary/aromatic N) is 2. The van der Waals surface area contributed by atoms with Gasteiger partial charge in [0.1, 0.15) is 11.5 Å². The quantitative estimate of drug-likeness (QED) is 0.314. The Kier molecular flexibility index (Phi) is 6.57. The van der Waals surface area contributed by atoms with Gasteiger partial charge in [-0.15, -0.1) is 0 Å². The second-order valence-corrected chi connectivity index (χ2v) is 10.2. The molecule has 6 rings (SSSR count). The van der Waals surface area contributed by atoms with Crippen molar-refractivity contribution < 1.29 is 36.6 Å². The van der Waals surface area contributed by atoms with Gasteiger partial charge in [-0.25, -0.2) is 9.79 Å². The zero-order chi connectivity index (χ0) is 28.9. The van der Waals surface area contributed by atoms with E-state index in [4.69, 9.17) is 18.6 Å². The van der Waals surface area contributed by atoms with Gasteiger partial charge in [0, 0.05) is 11.6 Å². The van der Waals surface area contributed by atoms with E-state index in [0.717, 1.165) is 23.5 Å². The molecule has 2 aromatic carbocycles. The lowest BCUT2D eigenvalue weighted by Crippen LogP contribution is -2.39. The third-order valence-electron chi connectivity index (χ3n) is 6.60. The molecule has 2 aromatic heterocycles. The fraction of sp³-hybridized carbons (Fsp3) is 0.207. The van der Waals surface area contributed by atoms with Crippen LogP contribution in [0, 0.1) is 0 Å². The number of carbonyl (C=O) groups excluding carboxylic acids is 1. The summed E-state index contributed by atoms with van der Waals surface area (Å²) in [5.41, 5.74) is 0.251. The predicted molar refractivity (Wildman–Crippen MR) is 142 cm³/mol. The Hall–Kier alpha value is -4.58. The van der Waals surface area contributed by atoms with Crippen molar-refractivity contribution in [3.8, 4) is 22.8 Å². The Morgan fingerprint density at radius 2 is 1.95 bits per heavy atom. The van der Waals surface area contributed by atoms with Crippen LogP contribution in [0.5, 0.6) is 11.5 Å². The number of hydrogen-bond acceptors (Lipinski definition) is 8. The first-order valence-corrected chi connectivity index (χ1v) is 13.3. The lowest BCUT2D eigenvalue weighted by Gasteiger charge is -2.24. The first kappa shape index (κ1) is 26.6. The van der Waals surface area contributed by atoms with Gasteiger partial charge in [-0.3, -0.25) is 9.36 Å². The number of hydrogen-bond donors (Lipinski definition) is 0. The highest BCUT2D eigenvalue weighted by molar-refractivity contribution is 7.07. The van der Waals surface area contributed by atoms with Crippen LogP contribution in [-0.4, -0.2) is 23.9 Å². The maximum absolute atomic E-state index is 13.8. The molecule has 0 saturated carbocycles. The van der Waals surface area contributed by atoms with Crippen molar-refractivity contribution in [3.63, 3.8) is 0 Å². The smallest absolute Gasteiger partial charge is 0.416 e. The molecule has 0 fully saturated rings. The molecule has 210 valence electrons. The molecule has 0 amide bonds. The molecule has 4 aromatic rings. The summed E-state index contributed by atoms with van der Waals surface area (Å²) >= 11 is 1.10. The number of esters is 1. The minimum Gasteiger partial charge on any atom is -0.463 e. The number of alkyl halides is 3. The summed E-state index contributed by atoms with van der Waals surface area (Å²) in [4.78, 5) is 31.7. The summed E-state index contributed by atoms with van der Waals surface area (Å²) in [6, 6.07) is 12.2. The first-order valence-electron chi connectivity index (χ1n) is 12.5. The van der Waals surface area contributed by atoms with Crippen LogP contribution in [0.2, 0.25) is 0 Å². The van der Waals surface area contributed by atoms with E-state index in [-0.39, 0.29) is 40.6 Å². The first-order chi connectivity index (χ1) is 19.6. The maximum Gasteiger partial charge on any atom is 0.416 e. The van der Waals surface area contributed by atoms with E-state index >= 15 is 0 Å². The molecule has 41 heavy (non-hydrogen) atoms. The second-order valence-electron chi connectivity index (χ2n) is 9.20. The number of carbonyl (C=O) groups is 1. The molecule has 0 bridgehead atoms. The monoisotopic (exact) mass is 582 g/mol. The van der Waals surface area contributed by atoms with Crippen LogP contribution in [0.15, 0.2) is 80.1 Å². The standard InChI is InChI=1S/C29H21F3N2O6S/c1-3-37-27(36)24-15(2)33-28-34(25(24)17-7-9-21-22(12-17)39-14-38-21)26(35)23(41-28)13-19-8-10-20(40-19)16-5-4-6-18(11-16)29(30,31)32/h4-13,25H,3,14H2,1-2H3/t25-/m1/s1. The van der Waals surface area contributed by atoms with Crippen molar-refractivity contribution >= 4 is 23.4 Å². The van der Waals surface area contributed by atoms with Crippen molar-refractivity contribution in [2.45, 2.75) is 26.1 Å². The molecule has 8 nitrogen and oxygen atoms in total. The van der Waals surface area contributed by atoms with Crippen LogP contribution >= 0.6 is 11.3 Å². The van der Waals surface area contributed by atoms with Crippen molar-refractivity contribution in [1.82, 2.24) is 4.57 Å². The van der Waals surface area contributed by atoms with Crippen molar-refractivity contribution in [2.24, 2.45) is 4.99 Å². The van der Waals surface area contributed by atoms with E-state index in [1.165, 1.54) is 28.8 Å². The lowest BCUT2D eigenvalue weighted by molar-refractivity contribution is -0.139. The van der Waals surface area contributed by atoms with E-state index in [1.807, 2.05) is 0 Å². The van der Waals surface area contributed by atoms with Gasteiger partial charge < -0.3 is 18.6 Å². The largest absolute Gasteiger partial charge is 0.463 e. The number of fused-ring (bicyclic) bond motifs is 2. The van der Waals surface area contributed by atoms with Crippen LogP contribution in [0.4, 0.5) is 13.2 Å². The number of aromatic nitrogens is 1. The average molecular weight is 583 g/mol. The number of allylic oxidation sites excluding steroid dienone is 1. The summed E-state index contributed by atoms with van der Waals surface area (Å²) in [5.74, 6) is 0.925. The van der Waals surface area contributed by atoms with E-state index in [0.29, 0.717) is 27.6 Å². The molecule has 0 N–H and O–H groups in total. The third kappa shape index (κ3) is 4.84. The number of benzene rings is 2. The molecule has 0 saturated heterocycles. The Balaban J connectivity index is 1.45. The third-order valence-corrected chi connectivity index (χ3v) is 7.59. The highest BCUT2D eigenvalue weighted by atomic mass is 32.1. The van der Waals surface area contributed by atoms with E-state index in [1.54, 1.807) is 38.1 Å². The summed E-state index contributed by atoms with van der Waals surface area (Å²) in [6.07, 6.45) is -2.99. The maximum atomic E-state index is 13.8. The number of rotatable bonds is 5. The lowest BCUT2D eigenvalue weighted by atomic mass is 9.95. The fourth-order valence-electron chi connectivity index (χ4n) is 4.75. The van der Waals surface area contributed by atoms with Crippen molar-refractivity contribution in [1.29, 1.82) is 0 Å². The average Bonchev–Trinajstić information content (AvgIpc) is 3.67. The molecular formula is C29H21F3N2O6S. The Bertz CT molecular complexity index is 1900. The summed E-state index contributed by atoms with van der Waals surface area (Å²) in [6.45, 7) is 3.57. The van der Waals surface area contributed by atoms with Crippen LogP contribution in [0.25, 0.3) is 17.4 Å². The van der Waals surface area contributed by atoms with Gasteiger partial charge in [0.15, 0.2) is 16.3 Å². The molecule has 12 heteroatoms. The Labute approximate surface area is 234 Å². The summed E-state index contributed by atoms with van der Waals surface area (Å²) in [5, 5.41) is 0. The van der Waals surface area contributed by atoms with Gasteiger partial charge in [-0.1, -0.05) is 29.5 Å². The number of ether oxygens (including phenoxy) is 3. The second kappa shape index (κ2) is 10.1. The highest BCUT2D eigenvalue weighted by Crippen LogP contribution is 2.38. The highest BCUT2D eigenvalue weighted by Gasteiger charge is 2.34. The van der Waals surface area contributed by atoms with Gasteiger partial charge >= 0.3 is 12.1 Å². The predicted octanol–water partition coefficient (Wildman–Crippen LogP) is 4.81. The van der Waals surface area contributed by atoms with E-state index < -0.39 is 29.3 Å².